The van der Waals surface area contributed by atoms with Crippen molar-refractivity contribution in [3.05, 3.63) is 65.3 Å². The number of anilines is 1. The zero-order valence-corrected chi connectivity index (χ0v) is 22.8. The van der Waals surface area contributed by atoms with Crippen molar-refractivity contribution in [1.29, 1.82) is 0 Å². The highest BCUT2D eigenvalue weighted by Gasteiger charge is 2.34. The van der Waals surface area contributed by atoms with Crippen LogP contribution in [0.25, 0.3) is 10.5 Å². The number of fused-ring (bicyclic) bond motifs is 2. The second kappa shape index (κ2) is 11.1. The summed E-state index contributed by atoms with van der Waals surface area (Å²) in [5.41, 5.74) is 3.85. The summed E-state index contributed by atoms with van der Waals surface area (Å²) in [6, 6.07) is 6.61. The Balaban J connectivity index is 1.35. The molecular weight excluding hydrogens is 508 g/mol. The molecule has 11 nitrogen and oxygen atoms in total. The summed E-state index contributed by atoms with van der Waals surface area (Å²) in [6.07, 6.45) is 6.91. The maximum atomic E-state index is 12.5. The van der Waals surface area contributed by atoms with Gasteiger partial charge in [-0.25, -0.2) is 16.1 Å². The number of amides is 1. The number of hydrogen-bond acceptors (Lipinski definition) is 8. The Labute approximate surface area is 233 Å². The minimum atomic E-state index is -0.276. The molecule has 3 aromatic rings. The number of aromatic nitrogens is 4. The smallest absolute Gasteiger partial charge is 0.336 e. The van der Waals surface area contributed by atoms with Crippen LogP contribution in [0.2, 0.25) is 0 Å². The van der Waals surface area contributed by atoms with Crippen LogP contribution in [0.15, 0.2) is 37.1 Å². The molecule has 0 unspecified atom stereocenters. The van der Waals surface area contributed by atoms with E-state index in [0.29, 0.717) is 62.8 Å². The molecule has 0 spiro atoms. The predicted molar refractivity (Wildman–Crippen MR) is 150 cm³/mol. The molecule has 11 heteroatoms. The van der Waals surface area contributed by atoms with Gasteiger partial charge in [-0.3, -0.25) is 4.79 Å². The summed E-state index contributed by atoms with van der Waals surface area (Å²) in [7, 11) is 2.12. The van der Waals surface area contributed by atoms with Crippen LogP contribution in [-0.2, 0) is 17.6 Å². The number of carbonyl (C=O) groups excluding carboxylic acids is 1. The van der Waals surface area contributed by atoms with E-state index in [-0.39, 0.29) is 18.5 Å². The van der Waals surface area contributed by atoms with Gasteiger partial charge in [0.2, 0.25) is 12.5 Å². The van der Waals surface area contributed by atoms with E-state index in [1.165, 1.54) is 11.6 Å². The third-order valence-corrected chi connectivity index (χ3v) is 8.18. The molecule has 2 atom stereocenters. The van der Waals surface area contributed by atoms with E-state index < -0.39 is 0 Å². The summed E-state index contributed by atoms with van der Waals surface area (Å²) >= 11 is 0. The van der Waals surface area contributed by atoms with Gasteiger partial charge in [-0.05, 0) is 38.1 Å². The van der Waals surface area contributed by atoms with Gasteiger partial charge >= 0.3 is 6.01 Å². The largest absolute Gasteiger partial charge is 0.493 e. The van der Waals surface area contributed by atoms with E-state index in [0.717, 1.165) is 42.8 Å². The summed E-state index contributed by atoms with van der Waals surface area (Å²) in [6.45, 7) is 15.0. The lowest BCUT2D eigenvalue weighted by molar-refractivity contribution is -0.128. The monoisotopic (exact) mass is 542 g/mol. The maximum Gasteiger partial charge on any atom is 0.336 e. The minimum Gasteiger partial charge on any atom is -0.493 e. The SMILES string of the molecule is [C-]#[N+]C[C@H]1CN(c2nc(OC[C@@H]3CCCN3C)nn3c(Cc4cccc5c4OCC5)cnc23)CCN1C(=O)C=C. The topological polar surface area (TPSA) is 92.7 Å². The molecule has 0 saturated carbocycles. The molecule has 1 amide bonds. The molecule has 3 aliphatic heterocycles. The average molecular weight is 543 g/mol. The van der Waals surface area contributed by atoms with E-state index in [1.807, 2.05) is 10.7 Å². The van der Waals surface area contributed by atoms with Gasteiger partial charge < -0.3 is 29.0 Å². The zero-order valence-electron chi connectivity index (χ0n) is 22.8. The minimum absolute atomic E-state index is 0.161. The lowest BCUT2D eigenvalue weighted by Crippen LogP contribution is -2.56. The number of carbonyl (C=O) groups is 1. The van der Waals surface area contributed by atoms with Gasteiger partial charge in [0.05, 0.1) is 18.5 Å². The Bertz CT molecular complexity index is 1460. The molecule has 2 fully saturated rings. The van der Waals surface area contributed by atoms with Crippen molar-refractivity contribution in [1.82, 2.24) is 29.4 Å². The highest BCUT2D eigenvalue weighted by atomic mass is 16.5. The number of likely N-dealkylation sites (N-methyl/N-ethyl adjacent to an activating group) is 1. The highest BCUT2D eigenvalue weighted by molar-refractivity contribution is 5.87. The van der Waals surface area contributed by atoms with E-state index in [2.05, 4.69) is 46.5 Å². The van der Waals surface area contributed by atoms with Gasteiger partial charge in [0.25, 0.3) is 0 Å². The second-order valence-electron chi connectivity index (χ2n) is 10.6. The van der Waals surface area contributed by atoms with Crippen LogP contribution in [0.5, 0.6) is 11.8 Å². The third kappa shape index (κ3) is 4.95. The number of piperazine rings is 1. The molecule has 0 aliphatic carbocycles. The van der Waals surface area contributed by atoms with Crippen molar-refractivity contribution < 1.29 is 14.3 Å². The fourth-order valence-corrected chi connectivity index (χ4v) is 5.98. The summed E-state index contributed by atoms with van der Waals surface area (Å²) in [5, 5.41) is 4.79. The third-order valence-electron chi connectivity index (χ3n) is 8.18. The molecular formula is C29H34N8O3. The van der Waals surface area contributed by atoms with Crippen LogP contribution in [0, 0.1) is 6.57 Å². The first-order valence-corrected chi connectivity index (χ1v) is 13.9. The van der Waals surface area contributed by atoms with Crippen molar-refractivity contribution in [2.75, 3.05) is 57.9 Å². The fraction of sp³-hybridized carbons (Fsp3) is 0.483. The first kappa shape index (κ1) is 26.1. The molecule has 0 bridgehead atoms. The van der Waals surface area contributed by atoms with E-state index >= 15 is 0 Å². The van der Waals surface area contributed by atoms with Gasteiger partial charge in [0.15, 0.2) is 11.5 Å². The number of ether oxygens (including phenoxy) is 2. The van der Waals surface area contributed by atoms with Crippen molar-refractivity contribution in [2.45, 2.75) is 37.8 Å². The highest BCUT2D eigenvalue weighted by Crippen LogP contribution is 2.32. The number of likely N-dealkylation sites (tertiary alicyclic amines) is 1. The van der Waals surface area contributed by atoms with E-state index in [9.17, 15) is 4.79 Å². The van der Waals surface area contributed by atoms with E-state index in [1.54, 1.807) is 4.90 Å². The Kier molecular flexibility index (Phi) is 7.26. The number of hydrogen-bond donors (Lipinski definition) is 0. The van der Waals surface area contributed by atoms with Crippen molar-refractivity contribution in [3.8, 4) is 11.8 Å². The number of rotatable bonds is 8. The van der Waals surface area contributed by atoms with E-state index in [4.69, 9.17) is 31.1 Å². The van der Waals surface area contributed by atoms with Crippen molar-refractivity contribution >= 4 is 17.4 Å². The van der Waals surface area contributed by atoms with Crippen molar-refractivity contribution in [2.24, 2.45) is 0 Å². The molecule has 1 aromatic carbocycles. The van der Waals surface area contributed by atoms with Crippen LogP contribution in [0.4, 0.5) is 5.82 Å². The van der Waals surface area contributed by atoms with Crippen LogP contribution in [0.3, 0.4) is 0 Å². The molecule has 0 radical (unpaired) electrons. The van der Waals surface area contributed by atoms with Gasteiger partial charge in [-0.15, -0.1) is 5.10 Å². The Morgan fingerprint density at radius 2 is 2.20 bits per heavy atom. The first-order valence-electron chi connectivity index (χ1n) is 13.9. The molecule has 208 valence electrons. The lowest BCUT2D eigenvalue weighted by Gasteiger charge is -2.39. The summed E-state index contributed by atoms with van der Waals surface area (Å²) in [5.74, 6) is 1.44. The van der Waals surface area contributed by atoms with Gasteiger partial charge in [0, 0.05) is 44.1 Å². The molecule has 40 heavy (non-hydrogen) atoms. The Morgan fingerprint density at radius 3 is 3.00 bits per heavy atom. The number of para-hydroxylation sites is 1. The number of nitrogens with zero attached hydrogens (tertiary/aromatic N) is 8. The first-order chi connectivity index (χ1) is 19.6. The van der Waals surface area contributed by atoms with Gasteiger partial charge in [-0.2, -0.15) is 4.98 Å². The summed E-state index contributed by atoms with van der Waals surface area (Å²) in [4.78, 5) is 31.8. The number of imidazole rings is 1. The molecule has 6 rings (SSSR count). The predicted octanol–water partition coefficient (Wildman–Crippen LogP) is 2.25. The molecule has 5 heterocycles. The molecule has 2 aromatic heterocycles. The molecule has 2 saturated heterocycles. The summed E-state index contributed by atoms with van der Waals surface area (Å²) < 4.78 is 14.0. The van der Waals surface area contributed by atoms with Crippen LogP contribution >= 0.6 is 0 Å². The van der Waals surface area contributed by atoms with Crippen LogP contribution in [0.1, 0.15) is 29.7 Å². The number of benzene rings is 1. The Hall–Kier alpha value is -4.17. The van der Waals surface area contributed by atoms with Crippen LogP contribution in [-0.4, -0.2) is 100 Å². The average Bonchev–Trinajstić information content (AvgIpc) is 3.72. The van der Waals surface area contributed by atoms with Gasteiger partial charge in [-0.1, -0.05) is 24.8 Å². The fourth-order valence-electron chi connectivity index (χ4n) is 5.98. The lowest BCUT2D eigenvalue weighted by atomic mass is 10.0. The Morgan fingerprint density at radius 1 is 1.30 bits per heavy atom. The quantitative estimate of drug-likeness (QED) is 0.316. The second-order valence-corrected chi connectivity index (χ2v) is 10.6. The molecule has 3 aliphatic rings. The zero-order chi connectivity index (χ0) is 27.6. The maximum absolute atomic E-state index is 12.5. The van der Waals surface area contributed by atoms with Crippen LogP contribution < -0.4 is 14.4 Å². The standard InChI is InChI=1S/C29H34N8O3/c1-4-25(38)36-13-12-35(18-24(36)16-30-2)28-27-31-17-23(15-21-8-5-7-20-10-14-39-26(20)21)37(27)33-29(32-28)40-19-22-9-6-11-34(22)3/h4-5,7-8,17,22,24H,1,6,9-16,18-19H2,3H3/t22-,24-/m0/s1. The van der Waals surface area contributed by atoms with Gasteiger partial charge in [0.1, 0.15) is 18.4 Å². The molecule has 0 N–H and O–H groups in total. The van der Waals surface area contributed by atoms with Crippen molar-refractivity contribution in [3.63, 3.8) is 0 Å². The normalized spacial score (nSPS) is 20.8.